The van der Waals surface area contributed by atoms with E-state index in [1.165, 1.54) is 17.7 Å². The third-order valence-corrected chi connectivity index (χ3v) is 8.77. The van der Waals surface area contributed by atoms with Gasteiger partial charge in [0.2, 0.25) is 5.91 Å². The van der Waals surface area contributed by atoms with E-state index in [2.05, 4.69) is 30.1 Å². The molecule has 3 aromatic rings. The minimum Gasteiger partial charge on any atom is -0.388 e. The number of carbonyl (C=O) groups excluding carboxylic acids is 1. The molecule has 0 saturated carbocycles. The number of carbonyl (C=O) groups is 1. The molecule has 6 nitrogen and oxygen atoms in total. The molecule has 3 aromatic carbocycles. The first-order valence-corrected chi connectivity index (χ1v) is 14.8. The molecule has 3 heterocycles. The van der Waals surface area contributed by atoms with Crippen LogP contribution in [0.15, 0.2) is 90.1 Å². The van der Waals surface area contributed by atoms with E-state index in [1.54, 1.807) is 12.1 Å². The van der Waals surface area contributed by atoms with Crippen molar-refractivity contribution in [1.82, 2.24) is 0 Å². The van der Waals surface area contributed by atoms with Crippen LogP contribution in [0, 0.1) is 18.7 Å². The fourth-order valence-corrected chi connectivity index (χ4v) is 6.21. The summed E-state index contributed by atoms with van der Waals surface area (Å²) in [5.41, 5.74) is 5.81. The molecule has 0 aromatic heterocycles. The molecular weight excluding hydrogens is 531 g/mol. The number of hydrogen-bond acceptors (Lipinski definition) is 5. The summed E-state index contributed by atoms with van der Waals surface area (Å²) in [6, 6.07) is 22.1. The fraction of sp³-hybridized carbons (Fsp3) is 0.371. The van der Waals surface area contributed by atoms with Crippen LogP contribution in [-0.4, -0.2) is 42.1 Å². The molecule has 2 saturated heterocycles. The van der Waals surface area contributed by atoms with E-state index in [0.29, 0.717) is 38.2 Å². The average molecular weight is 569 g/mol. The quantitative estimate of drug-likeness (QED) is 0.256. The molecule has 0 spiro atoms. The van der Waals surface area contributed by atoms with Gasteiger partial charge in [0.1, 0.15) is 11.4 Å². The Kier molecular flexibility index (Phi) is 8.34. The lowest BCUT2D eigenvalue weighted by Gasteiger charge is -2.48. The van der Waals surface area contributed by atoms with Crippen molar-refractivity contribution in [1.29, 1.82) is 0 Å². The molecule has 1 amide bonds. The predicted octanol–water partition coefficient (Wildman–Crippen LogP) is 6.43. The number of ether oxygens (including phenoxy) is 2. The zero-order chi connectivity index (χ0) is 29.1. The van der Waals surface area contributed by atoms with E-state index >= 15 is 0 Å². The topological polar surface area (TPSA) is 71.4 Å². The molecule has 7 heteroatoms. The van der Waals surface area contributed by atoms with E-state index in [1.807, 2.05) is 47.5 Å². The lowest BCUT2D eigenvalue weighted by Crippen LogP contribution is -2.55. The second-order valence-corrected chi connectivity index (χ2v) is 11.7. The Morgan fingerprint density at radius 3 is 2.57 bits per heavy atom. The van der Waals surface area contributed by atoms with Crippen LogP contribution in [0.1, 0.15) is 60.1 Å². The first kappa shape index (κ1) is 28.5. The van der Waals surface area contributed by atoms with Gasteiger partial charge in [-0.2, -0.15) is 0 Å². The fourth-order valence-electron chi connectivity index (χ4n) is 6.21. The van der Waals surface area contributed by atoms with E-state index in [0.717, 1.165) is 41.8 Å². The maximum atomic E-state index is 13.5. The minimum absolute atomic E-state index is 0.0622. The number of anilines is 1. The number of aryl methyl sites for hydroxylation is 2. The van der Waals surface area contributed by atoms with E-state index in [-0.39, 0.29) is 29.3 Å². The highest BCUT2D eigenvalue weighted by atomic mass is 19.1. The van der Waals surface area contributed by atoms with Gasteiger partial charge in [-0.05, 0) is 79.1 Å². The van der Waals surface area contributed by atoms with Gasteiger partial charge in [0.05, 0.1) is 37.9 Å². The predicted molar refractivity (Wildman–Crippen MR) is 161 cm³/mol. The highest BCUT2D eigenvalue weighted by Gasteiger charge is 2.49. The highest BCUT2D eigenvalue weighted by molar-refractivity contribution is 6.03. The molecule has 0 bridgehead atoms. The van der Waals surface area contributed by atoms with Crippen molar-refractivity contribution >= 4 is 17.3 Å². The van der Waals surface area contributed by atoms with Gasteiger partial charge in [-0.15, -0.1) is 0 Å². The van der Waals surface area contributed by atoms with Gasteiger partial charge in [-0.3, -0.25) is 9.79 Å². The number of benzene rings is 3. The van der Waals surface area contributed by atoms with Crippen LogP contribution in [0.3, 0.4) is 0 Å². The van der Waals surface area contributed by atoms with Crippen molar-refractivity contribution in [3.05, 3.63) is 113 Å². The van der Waals surface area contributed by atoms with Gasteiger partial charge in [0.25, 0.3) is 0 Å². The molecule has 3 aliphatic rings. The molecule has 0 aliphatic carbocycles. The molecule has 1 N–H and O–H groups in total. The van der Waals surface area contributed by atoms with Crippen LogP contribution < -0.4 is 4.90 Å². The summed E-state index contributed by atoms with van der Waals surface area (Å²) in [6.45, 7) is 3.86. The Balaban J connectivity index is 1.15. The number of β-lactam (4-membered cyclic amide) rings is 1. The lowest BCUT2D eigenvalue weighted by atomic mass is 9.76. The summed E-state index contributed by atoms with van der Waals surface area (Å²) in [7, 11) is 0. The zero-order valence-electron chi connectivity index (χ0n) is 23.9. The van der Waals surface area contributed by atoms with Crippen molar-refractivity contribution in [3.63, 3.8) is 0 Å². The zero-order valence-corrected chi connectivity index (χ0v) is 23.9. The number of allylic oxidation sites excluding steroid dienone is 1. The molecular formula is C35H37FN2O4. The smallest absolute Gasteiger partial charge is 0.233 e. The van der Waals surface area contributed by atoms with Gasteiger partial charge >= 0.3 is 0 Å². The number of aliphatic imine (C=N–C) groups is 1. The summed E-state index contributed by atoms with van der Waals surface area (Å²) in [4.78, 5) is 19.7. The summed E-state index contributed by atoms with van der Waals surface area (Å²) in [5, 5.41) is 10.8. The van der Waals surface area contributed by atoms with E-state index < -0.39 is 6.10 Å². The molecule has 2 fully saturated rings. The Labute approximate surface area is 246 Å². The standard InChI is InChI=1S/C35H37FN2O4/c1-24-20-25(17-18-35(22-41-23-35)42-21-28-6-5-19-37-28)9-14-30(24)33-31(34(40)38(33)29-7-3-2-4-8-29)15-16-32(39)26-10-12-27(36)13-11-26/h2-5,7-14,19-20,31-33,39H,6,15-18,21-23H2,1H3. The van der Waals surface area contributed by atoms with Gasteiger partial charge < -0.3 is 19.5 Å². The van der Waals surface area contributed by atoms with Gasteiger partial charge in [-0.25, -0.2) is 4.39 Å². The molecule has 0 radical (unpaired) electrons. The number of amides is 1. The van der Waals surface area contributed by atoms with Crippen LogP contribution >= 0.6 is 0 Å². The van der Waals surface area contributed by atoms with Crippen molar-refractivity contribution in [3.8, 4) is 0 Å². The Morgan fingerprint density at radius 1 is 1.12 bits per heavy atom. The van der Waals surface area contributed by atoms with Crippen molar-refractivity contribution in [2.45, 2.75) is 56.8 Å². The van der Waals surface area contributed by atoms with Gasteiger partial charge in [0.15, 0.2) is 0 Å². The molecule has 3 aliphatic heterocycles. The van der Waals surface area contributed by atoms with Gasteiger partial charge in [0, 0.05) is 24.0 Å². The first-order chi connectivity index (χ1) is 20.4. The number of aliphatic hydroxyl groups excluding tert-OH is 1. The molecule has 6 rings (SSSR count). The molecule has 42 heavy (non-hydrogen) atoms. The third-order valence-electron chi connectivity index (χ3n) is 8.77. The SMILES string of the molecule is Cc1cc(CCC2(OCC3=NC=CC3)COC2)ccc1C1C(CCC(O)c2ccc(F)cc2)C(=O)N1c1ccccc1. The summed E-state index contributed by atoms with van der Waals surface area (Å²) < 4.78 is 25.2. The van der Waals surface area contributed by atoms with Crippen molar-refractivity contribution in [2.75, 3.05) is 24.7 Å². The monoisotopic (exact) mass is 568 g/mol. The Morgan fingerprint density at radius 2 is 1.90 bits per heavy atom. The highest BCUT2D eigenvalue weighted by Crippen LogP contribution is 2.47. The second kappa shape index (κ2) is 12.3. The number of hydrogen-bond donors (Lipinski definition) is 1. The van der Waals surface area contributed by atoms with E-state index in [4.69, 9.17) is 9.47 Å². The Bertz CT molecular complexity index is 1470. The maximum absolute atomic E-state index is 13.5. The third kappa shape index (κ3) is 5.95. The number of rotatable bonds is 12. The number of aliphatic hydroxyl groups is 1. The normalized spacial score (nSPS) is 21.5. The van der Waals surface area contributed by atoms with Gasteiger partial charge in [-0.1, -0.05) is 54.6 Å². The summed E-state index contributed by atoms with van der Waals surface area (Å²) >= 11 is 0. The largest absolute Gasteiger partial charge is 0.388 e. The van der Waals surface area contributed by atoms with Crippen molar-refractivity contribution in [2.24, 2.45) is 10.9 Å². The maximum Gasteiger partial charge on any atom is 0.233 e. The summed E-state index contributed by atoms with van der Waals surface area (Å²) in [6.07, 6.45) is 6.67. The molecule has 3 atom stereocenters. The van der Waals surface area contributed by atoms with Crippen LogP contribution in [0.2, 0.25) is 0 Å². The molecule has 218 valence electrons. The van der Waals surface area contributed by atoms with Crippen LogP contribution in [-0.2, 0) is 20.7 Å². The van der Waals surface area contributed by atoms with Crippen molar-refractivity contribution < 1.29 is 23.8 Å². The Hall–Kier alpha value is -3.65. The van der Waals surface area contributed by atoms with Crippen LogP contribution in [0.4, 0.5) is 10.1 Å². The van der Waals surface area contributed by atoms with Crippen LogP contribution in [0.25, 0.3) is 0 Å². The minimum atomic E-state index is -0.754. The number of halogens is 1. The summed E-state index contributed by atoms with van der Waals surface area (Å²) in [5.74, 6) is -0.522. The number of para-hydroxylation sites is 1. The lowest BCUT2D eigenvalue weighted by molar-refractivity contribution is -0.204. The van der Waals surface area contributed by atoms with E-state index in [9.17, 15) is 14.3 Å². The average Bonchev–Trinajstić information content (AvgIpc) is 3.50. The molecule has 3 unspecified atom stereocenters. The number of nitrogens with zero attached hydrogens (tertiary/aromatic N) is 2. The second-order valence-electron chi connectivity index (χ2n) is 11.7. The van der Waals surface area contributed by atoms with Crippen LogP contribution in [0.5, 0.6) is 0 Å². The first-order valence-electron chi connectivity index (χ1n) is 14.8.